The first-order chi connectivity index (χ1) is 14.7. The Labute approximate surface area is 267 Å². The Morgan fingerprint density at radius 1 is 0.657 bits per heavy atom. The third-order valence-corrected chi connectivity index (χ3v) is 7.62. The van der Waals surface area contributed by atoms with E-state index >= 15 is 0 Å². The molecule has 4 aromatic rings. The molecule has 0 fully saturated rings. The molecule has 0 aromatic heterocycles. The van der Waals surface area contributed by atoms with Gasteiger partial charge >= 0.3 is 0 Å². The minimum atomic E-state index is -4.96. The van der Waals surface area contributed by atoms with Crippen molar-refractivity contribution in [2.45, 2.75) is 14.7 Å². The average molecular weight is 567 g/mol. The molecule has 0 aliphatic rings. The molecule has 0 amide bonds. The van der Waals surface area contributed by atoms with Gasteiger partial charge in [-0.3, -0.25) is 13.7 Å². The van der Waals surface area contributed by atoms with E-state index in [0.717, 1.165) is 6.07 Å². The standard InChI is InChI=1S/C19H14O10S3.3Na/c1-2-7-29-14-8-15(30(20,21)22)11-5-6-13-17(32(26,27)28)9-16(31(23,24)25)12-4-3-10(14)18(11)19(12)13;;;/h2-6,8-9H,1,7H2,(H,20,21,22)(H,23,24,25)(H,26,27,28);;;. The topological polar surface area (TPSA) is 172 Å². The van der Waals surface area contributed by atoms with Crippen molar-refractivity contribution in [1.29, 1.82) is 0 Å². The van der Waals surface area contributed by atoms with Crippen molar-refractivity contribution in [1.82, 2.24) is 0 Å². The molecule has 35 heavy (non-hydrogen) atoms. The van der Waals surface area contributed by atoms with Crippen LogP contribution in [0.4, 0.5) is 0 Å². The smallest absolute Gasteiger partial charge is 0.295 e. The van der Waals surface area contributed by atoms with Gasteiger partial charge in [-0.05, 0) is 12.1 Å². The monoisotopic (exact) mass is 567 g/mol. The second-order valence-electron chi connectivity index (χ2n) is 6.84. The van der Waals surface area contributed by atoms with E-state index in [1.165, 1.54) is 30.3 Å². The molecule has 0 aliphatic carbocycles. The van der Waals surface area contributed by atoms with Crippen LogP contribution in [0.3, 0.4) is 0 Å². The minimum Gasteiger partial charge on any atom is -0.489 e. The van der Waals surface area contributed by atoms with Crippen LogP contribution in [-0.2, 0) is 30.4 Å². The molecule has 0 aliphatic heterocycles. The van der Waals surface area contributed by atoms with E-state index in [1.807, 2.05) is 0 Å². The van der Waals surface area contributed by atoms with Crippen LogP contribution in [0.25, 0.3) is 32.3 Å². The van der Waals surface area contributed by atoms with Crippen molar-refractivity contribution in [3.8, 4) is 5.75 Å². The molecule has 0 spiro atoms. The van der Waals surface area contributed by atoms with Crippen LogP contribution >= 0.6 is 0 Å². The van der Waals surface area contributed by atoms with Crippen LogP contribution in [-0.4, -0.2) is 134 Å². The molecule has 3 N–H and O–H groups in total. The molecule has 171 valence electrons. The van der Waals surface area contributed by atoms with Gasteiger partial charge in [0.25, 0.3) is 30.4 Å². The van der Waals surface area contributed by atoms with Crippen molar-refractivity contribution in [2.24, 2.45) is 0 Å². The third-order valence-electron chi connectivity index (χ3n) is 4.94. The molecule has 16 heteroatoms. The van der Waals surface area contributed by atoms with Gasteiger partial charge in [-0.1, -0.05) is 30.9 Å². The van der Waals surface area contributed by atoms with Crippen molar-refractivity contribution >= 4 is 151 Å². The van der Waals surface area contributed by atoms with E-state index in [1.54, 1.807) is 0 Å². The summed E-state index contributed by atoms with van der Waals surface area (Å²) in [6.45, 7) is 3.46. The van der Waals surface area contributed by atoms with Crippen molar-refractivity contribution < 1.29 is 43.6 Å². The average Bonchev–Trinajstić information content (AvgIpc) is 2.67. The first-order valence-corrected chi connectivity index (χ1v) is 13.0. The molecular weight excluding hydrogens is 553 g/mol. The zero-order valence-electron chi connectivity index (χ0n) is 18.9. The maximum atomic E-state index is 12.1. The Kier molecular flexibility index (Phi) is 10.9. The van der Waals surface area contributed by atoms with Crippen LogP contribution in [0.5, 0.6) is 5.75 Å². The van der Waals surface area contributed by atoms with Gasteiger partial charge < -0.3 is 4.74 Å². The summed E-state index contributed by atoms with van der Waals surface area (Å²) in [6, 6.07) is 6.76. The summed E-state index contributed by atoms with van der Waals surface area (Å²) in [5, 5.41) is -0.0759. The molecule has 0 atom stereocenters. The molecule has 0 bridgehead atoms. The maximum Gasteiger partial charge on any atom is 0.295 e. The fourth-order valence-corrected chi connectivity index (χ4v) is 5.98. The molecule has 0 heterocycles. The van der Waals surface area contributed by atoms with Crippen LogP contribution in [0.2, 0.25) is 0 Å². The summed E-state index contributed by atoms with van der Waals surface area (Å²) in [7, 11) is -14.7. The molecular formula is C19H14Na3O10S3. The predicted octanol–water partition coefficient (Wildman–Crippen LogP) is 1.75. The number of hydrogen-bond donors (Lipinski definition) is 3. The zero-order valence-corrected chi connectivity index (χ0v) is 27.3. The number of ether oxygens (including phenoxy) is 1. The minimum absolute atomic E-state index is 0. The summed E-state index contributed by atoms with van der Waals surface area (Å²) in [6.07, 6.45) is 1.39. The Balaban J connectivity index is 0.00000204. The number of rotatable bonds is 6. The SMILES string of the molecule is C=CCOc1cc(S(=O)(=O)O)c2ccc3c(S(=O)(=O)O)cc(S(=O)(=O)O)c4ccc1c2c43.[Na].[Na].[Na]. The summed E-state index contributed by atoms with van der Waals surface area (Å²) in [5.41, 5.74) is 0. The predicted molar refractivity (Wildman–Crippen MR) is 133 cm³/mol. The quantitative estimate of drug-likeness (QED) is 0.135. The first kappa shape index (κ1) is 33.2. The Morgan fingerprint density at radius 3 is 1.37 bits per heavy atom. The van der Waals surface area contributed by atoms with Gasteiger partial charge in [-0.2, -0.15) is 25.3 Å². The normalized spacial score (nSPS) is 12.1. The summed E-state index contributed by atoms with van der Waals surface area (Å²) >= 11 is 0. The van der Waals surface area contributed by atoms with E-state index in [4.69, 9.17) is 4.74 Å². The largest absolute Gasteiger partial charge is 0.489 e. The van der Waals surface area contributed by atoms with E-state index in [2.05, 4.69) is 6.58 Å². The zero-order chi connectivity index (χ0) is 23.6. The van der Waals surface area contributed by atoms with Crippen LogP contribution in [0.15, 0.2) is 63.7 Å². The fourth-order valence-electron chi connectivity index (χ4n) is 3.77. The van der Waals surface area contributed by atoms with E-state index in [-0.39, 0.29) is 133 Å². The molecule has 10 nitrogen and oxygen atoms in total. The van der Waals surface area contributed by atoms with E-state index in [9.17, 15) is 38.9 Å². The number of hydrogen-bond acceptors (Lipinski definition) is 7. The number of benzene rings is 4. The molecule has 0 saturated carbocycles. The van der Waals surface area contributed by atoms with Crippen LogP contribution < -0.4 is 4.74 Å². The second kappa shape index (κ2) is 11.5. The van der Waals surface area contributed by atoms with Gasteiger partial charge in [-0.25, -0.2) is 0 Å². The van der Waals surface area contributed by atoms with Crippen molar-refractivity contribution in [3.63, 3.8) is 0 Å². The van der Waals surface area contributed by atoms with Gasteiger partial charge in [0.2, 0.25) is 0 Å². The Bertz CT molecular complexity index is 1720. The Morgan fingerprint density at radius 2 is 1.00 bits per heavy atom. The third kappa shape index (κ3) is 6.10. The second-order valence-corrected chi connectivity index (χ2v) is 11.0. The first-order valence-electron chi connectivity index (χ1n) is 8.70. The summed E-state index contributed by atoms with van der Waals surface area (Å²) in [4.78, 5) is -2.18. The Hall–Kier alpha value is 0.190. The van der Waals surface area contributed by atoms with Gasteiger partial charge in [0.1, 0.15) is 27.0 Å². The molecule has 0 saturated heterocycles. The maximum absolute atomic E-state index is 12.1. The van der Waals surface area contributed by atoms with E-state index < -0.39 is 45.0 Å². The van der Waals surface area contributed by atoms with Gasteiger partial charge in [0.05, 0.1) is 0 Å². The molecule has 4 aromatic carbocycles. The van der Waals surface area contributed by atoms with Crippen LogP contribution in [0, 0.1) is 0 Å². The molecule has 0 unspecified atom stereocenters. The van der Waals surface area contributed by atoms with Gasteiger partial charge in [-0.15, -0.1) is 0 Å². The molecule has 3 radical (unpaired) electrons. The fraction of sp³-hybridized carbons (Fsp3) is 0.0526. The summed E-state index contributed by atoms with van der Waals surface area (Å²) < 4.78 is 107. The van der Waals surface area contributed by atoms with Crippen LogP contribution in [0.1, 0.15) is 0 Å². The van der Waals surface area contributed by atoms with Gasteiger partial charge in [0, 0.05) is 127 Å². The van der Waals surface area contributed by atoms with E-state index in [0.29, 0.717) is 6.07 Å². The van der Waals surface area contributed by atoms with Crippen molar-refractivity contribution in [3.05, 3.63) is 49.1 Å². The molecule has 4 rings (SSSR count). The summed E-state index contributed by atoms with van der Waals surface area (Å²) in [5.74, 6) is -0.00918. The van der Waals surface area contributed by atoms with Crippen molar-refractivity contribution in [2.75, 3.05) is 6.61 Å². The van der Waals surface area contributed by atoms with Gasteiger partial charge in [0.15, 0.2) is 0 Å².